The molecule has 8 nitrogen and oxygen atoms in total. The fraction of sp³-hybridized carbons (Fsp3) is 0.304. The zero-order valence-corrected chi connectivity index (χ0v) is 18.7. The first-order valence-corrected chi connectivity index (χ1v) is 11.4. The summed E-state index contributed by atoms with van der Waals surface area (Å²) in [5.41, 5.74) is 3.42. The molecule has 0 amide bonds. The number of anilines is 1. The van der Waals surface area contributed by atoms with Crippen LogP contribution in [0.15, 0.2) is 59.0 Å². The van der Waals surface area contributed by atoms with Crippen molar-refractivity contribution in [1.29, 1.82) is 0 Å². The fourth-order valence-corrected chi connectivity index (χ4v) is 4.90. The lowest BCUT2D eigenvalue weighted by atomic mass is 9.85. The summed E-state index contributed by atoms with van der Waals surface area (Å²) in [7, 11) is 3.25. The molecule has 32 heavy (non-hydrogen) atoms. The van der Waals surface area contributed by atoms with Crippen LogP contribution in [0.2, 0.25) is 0 Å². The number of thioether (sulfide) groups is 1. The topological polar surface area (TPSA) is 91.2 Å². The number of allylic oxidation sites excluding steroid dienone is 2. The molecule has 0 saturated heterocycles. The first-order valence-electron chi connectivity index (χ1n) is 10.4. The highest BCUT2D eigenvalue weighted by Gasteiger charge is 2.38. The van der Waals surface area contributed by atoms with Gasteiger partial charge < -0.3 is 14.8 Å². The number of pyridine rings is 1. The van der Waals surface area contributed by atoms with Crippen molar-refractivity contribution in [2.45, 2.75) is 36.2 Å². The summed E-state index contributed by atoms with van der Waals surface area (Å²) in [5, 5.41) is 8.76. The number of methoxy groups -OCH3 is 2. The van der Waals surface area contributed by atoms with E-state index in [-0.39, 0.29) is 5.78 Å². The largest absolute Gasteiger partial charge is 0.497 e. The normalized spacial score (nSPS) is 17.4. The second-order valence-electron chi connectivity index (χ2n) is 7.58. The van der Waals surface area contributed by atoms with E-state index >= 15 is 0 Å². The Morgan fingerprint density at radius 1 is 1.19 bits per heavy atom. The Balaban J connectivity index is 1.58. The van der Waals surface area contributed by atoms with Gasteiger partial charge in [0.2, 0.25) is 11.1 Å². The predicted molar refractivity (Wildman–Crippen MR) is 121 cm³/mol. The minimum absolute atomic E-state index is 0.123. The number of ketones is 1. The number of carbonyl (C=O) groups is 1. The van der Waals surface area contributed by atoms with Crippen LogP contribution < -0.4 is 14.8 Å². The number of Topliss-reactive ketones (excluding diaryl/α,β-unsaturated/α-hetero) is 1. The van der Waals surface area contributed by atoms with E-state index in [1.54, 1.807) is 25.1 Å². The molecule has 0 saturated carbocycles. The molecule has 164 valence electrons. The van der Waals surface area contributed by atoms with Gasteiger partial charge in [-0.2, -0.15) is 4.98 Å². The number of hydrogen-bond donors (Lipinski definition) is 1. The molecule has 1 aromatic carbocycles. The van der Waals surface area contributed by atoms with Crippen molar-refractivity contribution in [3.05, 3.63) is 65.1 Å². The van der Waals surface area contributed by atoms with E-state index in [4.69, 9.17) is 19.6 Å². The molecule has 9 heteroatoms. The lowest BCUT2D eigenvalue weighted by Crippen LogP contribution is -2.31. The summed E-state index contributed by atoms with van der Waals surface area (Å²) in [5.74, 6) is 2.77. The van der Waals surface area contributed by atoms with E-state index in [0.717, 1.165) is 35.4 Å². The number of benzene rings is 1. The third-order valence-electron chi connectivity index (χ3n) is 5.66. The second kappa shape index (κ2) is 8.66. The average Bonchev–Trinajstić information content (AvgIpc) is 3.24. The van der Waals surface area contributed by atoms with Crippen LogP contribution in [0.1, 0.15) is 36.6 Å². The Morgan fingerprint density at radius 3 is 2.88 bits per heavy atom. The molecule has 1 aliphatic carbocycles. The SMILES string of the molecule is COc1ccc(OC)c([C@H]2C3=C(CCCC3=O)Nc3nc(SCc4ccccn4)nn32)c1. The maximum absolute atomic E-state index is 13.0. The third kappa shape index (κ3) is 3.73. The van der Waals surface area contributed by atoms with E-state index < -0.39 is 6.04 Å². The van der Waals surface area contributed by atoms with Crippen molar-refractivity contribution >= 4 is 23.5 Å². The van der Waals surface area contributed by atoms with Crippen molar-refractivity contribution in [1.82, 2.24) is 19.7 Å². The highest BCUT2D eigenvalue weighted by Crippen LogP contribution is 2.44. The molecule has 1 atom stereocenters. The van der Waals surface area contributed by atoms with E-state index in [0.29, 0.717) is 34.8 Å². The molecule has 1 aliphatic heterocycles. The maximum atomic E-state index is 13.0. The van der Waals surface area contributed by atoms with Gasteiger partial charge in [-0.1, -0.05) is 17.8 Å². The van der Waals surface area contributed by atoms with Gasteiger partial charge in [0, 0.05) is 35.2 Å². The minimum Gasteiger partial charge on any atom is -0.497 e. The summed E-state index contributed by atoms with van der Waals surface area (Å²) in [6.45, 7) is 0. The highest BCUT2D eigenvalue weighted by molar-refractivity contribution is 7.98. The van der Waals surface area contributed by atoms with E-state index in [1.165, 1.54) is 11.8 Å². The summed E-state index contributed by atoms with van der Waals surface area (Å²) in [4.78, 5) is 22.1. The van der Waals surface area contributed by atoms with Gasteiger partial charge >= 0.3 is 0 Å². The first-order chi connectivity index (χ1) is 15.7. The van der Waals surface area contributed by atoms with Gasteiger partial charge in [-0.25, -0.2) is 4.68 Å². The summed E-state index contributed by atoms with van der Waals surface area (Å²) in [6, 6.07) is 11.0. The molecule has 2 aliphatic rings. The molecular formula is C23H23N5O3S. The number of fused-ring (bicyclic) bond motifs is 1. The minimum atomic E-state index is -0.434. The molecule has 1 N–H and O–H groups in total. The van der Waals surface area contributed by atoms with Gasteiger partial charge in [0.05, 0.1) is 19.9 Å². The molecule has 0 spiro atoms. The van der Waals surface area contributed by atoms with Crippen LogP contribution >= 0.6 is 11.8 Å². The molecule has 0 fully saturated rings. The van der Waals surface area contributed by atoms with Crippen LogP contribution in [0.4, 0.5) is 5.95 Å². The van der Waals surface area contributed by atoms with Crippen molar-refractivity contribution in [2.24, 2.45) is 0 Å². The Morgan fingerprint density at radius 2 is 2.09 bits per heavy atom. The Labute approximate surface area is 190 Å². The molecular weight excluding hydrogens is 426 g/mol. The Kier molecular flexibility index (Phi) is 5.57. The van der Waals surface area contributed by atoms with Crippen molar-refractivity contribution in [2.75, 3.05) is 19.5 Å². The second-order valence-corrected chi connectivity index (χ2v) is 8.52. The van der Waals surface area contributed by atoms with Crippen LogP contribution in [0.5, 0.6) is 11.5 Å². The van der Waals surface area contributed by atoms with E-state index in [2.05, 4.69) is 10.3 Å². The van der Waals surface area contributed by atoms with Gasteiger partial charge in [-0.15, -0.1) is 5.10 Å². The van der Waals surface area contributed by atoms with Crippen LogP contribution in [-0.2, 0) is 10.5 Å². The van der Waals surface area contributed by atoms with Gasteiger partial charge in [0.1, 0.15) is 17.5 Å². The lowest BCUT2D eigenvalue weighted by molar-refractivity contribution is -0.116. The monoisotopic (exact) mass is 449 g/mol. The average molecular weight is 450 g/mol. The summed E-state index contributed by atoms with van der Waals surface area (Å²) < 4.78 is 12.9. The standard InChI is InChI=1S/C23H23N5O3S/c1-30-15-9-10-19(31-2)16(12-15)21-20-17(7-5-8-18(20)29)25-22-26-23(27-28(21)22)32-13-14-6-3-4-11-24-14/h3-4,6,9-12,21H,5,7-8,13H2,1-2H3,(H,25,26,27)/t21-/m0/s1. The van der Waals surface area contributed by atoms with Gasteiger partial charge in [-0.3, -0.25) is 9.78 Å². The lowest BCUT2D eigenvalue weighted by Gasteiger charge is -2.32. The van der Waals surface area contributed by atoms with Gasteiger partial charge in [-0.05, 0) is 43.2 Å². The number of ether oxygens (including phenoxy) is 2. The number of hydrogen-bond acceptors (Lipinski definition) is 8. The number of aromatic nitrogens is 4. The number of nitrogens with one attached hydrogen (secondary N) is 1. The quantitative estimate of drug-likeness (QED) is 0.565. The van der Waals surface area contributed by atoms with Crippen LogP contribution in [0.25, 0.3) is 0 Å². The van der Waals surface area contributed by atoms with Crippen molar-refractivity contribution < 1.29 is 14.3 Å². The Hall–Kier alpha value is -3.33. The van der Waals surface area contributed by atoms with Crippen molar-refractivity contribution in [3.8, 4) is 11.5 Å². The summed E-state index contributed by atoms with van der Waals surface area (Å²) >= 11 is 1.51. The van der Waals surface area contributed by atoms with Crippen molar-refractivity contribution in [3.63, 3.8) is 0 Å². The fourth-order valence-electron chi connectivity index (χ4n) is 4.16. The number of rotatable bonds is 6. The number of nitrogens with zero attached hydrogens (tertiary/aromatic N) is 4. The molecule has 5 rings (SSSR count). The van der Waals surface area contributed by atoms with Gasteiger partial charge in [0.15, 0.2) is 5.78 Å². The first kappa shape index (κ1) is 20.6. The highest BCUT2D eigenvalue weighted by atomic mass is 32.2. The Bertz CT molecular complexity index is 1190. The van der Waals surface area contributed by atoms with Gasteiger partial charge in [0.25, 0.3) is 0 Å². The van der Waals surface area contributed by atoms with E-state index in [1.807, 2.05) is 36.4 Å². The number of carbonyl (C=O) groups excluding carboxylic acids is 1. The predicted octanol–water partition coefficient (Wildman–Crippen LogP) is 4.00. The molecule has 2 aromatic heterocycles. The maximum Gasteiger partial charge on any atom is 0.227 e. The smallest absolute Gasteiger partial charge is 0.227 e. The van der Waals surface area contributed by atoms with Crippen LogP contribution in [0, 0.1) is 0 Å². The van der Waals surface area contributed by atoms with Crippen LogP contribution in [0.3, 0.4) is 0 Å². The molecule has 3 heterocycles. The molecule has 0 unspecified atom stereocenters. The zero-order valence-electron chi connectivity index (χ0n) is 17.9. The van der Waals surface area contributed by atoms with E-state index in [9.17, 15) is 4.79 Å². The summed E-state index contributed by atoms with van der Waals surface area (Å²) in [6.07, 6.45) is 3.92. The van der Waals surface area contributed by atoms with Crippen LogP contribution in [-0.4, -0.2) is 39.8 Å². The molecule has 0 radical (unpaired) electrons. The molecule has 3 aromatic rings. The molecule has 0 bridgehead atoms. The third-order valence-corrected chi connectivity index (χ3v) is 6.53. The zero-order chi connectivity index (χ0) is 22.1.